The van der Waals surface area contributed by atoms with E-state index in [1.165, 1.54) is 12.5 Å². The summed E-state index contributed by atoms with van der Waals surface area (Å²) in [5, 5.41) is 0. The van der Waals surface area contributed by atoms with Crippen molar-refractivity contribution < 1.29 is 9.21 Å². The van der Waals surface area contributed by atoms with E-state index in [0.717, 1.165) is 19.5 Å². The van der Waals surface area contributed by atoms with Crippen molar-refractivity contribution in [2.45, 2.75) is 6.42 Å². The van der Waals surface area contributed by atoms with E-state index in [1.54, 1.807) is 6.07 Å². The van der Waals surface area contributed by atoms with Gasteiger partial charge >= 0.3 is 0 Å². The van der Waals surface area contributed by atoms with Crippen LogP contribution in [-0.2, 0) is 0 Å². The van der Waals surface area contributed by atoms with Gasteiger partial charge in [0.05, 0.1) is 11.8 Å². The van der Waals surface area contributed by atoms with Gasteiger partial charge in [-0.2, -0.15) is 0 Å². The van der Waals surface area contributed by atoms with E-state index < -0.39 is 0 Å². The summed E-state index contributed by atoms with van der Waals surface area (Å²) in [5.74, 6) is 0.0880. The van der Waals surface area contributed by atoms with Crippen LogP contribution in [0.25, 0.3) is 0 Å². The van der Waals surface area contributed by atoms with Gasteiger partial charge < -0.3 is 9.32 Å². The number of hydrogen-bond acceptors (Lipinski definition) is 2. The van der Waals surface area contributed by atoms with Gasteiger partial charge in [0.2, 0.25) is 0 Å². The molecule has 1 aliphatic rings. The van der Waals surface area contributed by atoms with Crippen molar-refractivity contribution in [2.24, 2.45) is 0 Å². The van der Waals surface area contributed by atoms with Crippen molar-refractivity contribution in [3.63, 3.8) is 0 Å². The lowest BCUT2D eigenvalue weighted by atomic mass is 10.2. The van der Waals surface area contributed by atoms with Gasteiger partial charge in [-0.05, 0) is 12.5 Å². The van der Waals surface area contributed by atoms with Gasteiger partial charge in [-0.1, -0.05) is 0 Å². The van der Waals surface area contributed by atoms with Crippen molar-refractivity contribution in [1.82, 2.24) is 4.90 Å². The standard InChI is InChI=1S/C8H9NO2/c10-8(9-3-1-4-9)7-2-5-11-6-7/h2,5-6H,1,3-4H2. The summed E-state index contributed by atoms with van der Waals surface area (Å²) in [6.07, 6.45) is 4.14. The van der Waals surface area contributed by atoms with Crippen molar-refractivity contribution in [3.05, 3.63) is 24.2 Å². The molecule has 1 amide bonds. The van der Waals surface area contributed by atoms with Crippen LogP contribution < -0.4 is 0 Å². The first kappa shape index (κ1) is 6.46. The van der Waals surface area contributed by atoms with Crippen molar-refractivity contribution >= 4 is 5.91 Å². The van der Waals surface area contributed by atoms with Gasteiger partial charge in [-0.3, -0.25) is 4.79 Å². The Hall–Kier alpha value is -1.25. The molecule has 0 atom stereocenters. The Balaban J connectivity index is 2.10. The molecule has 1 fully saturated rings. The minimum absolute atomic E-state index is 0.0880. The molecule has 1 aromatic heterocycles. The third-order valence-corrected chi connectivity index (χ3v) is 1.91. The highest BCUT2D eigenvalue weighted by Crippen LogP contribution is 2.12. The van der Waals surface area contributed by atoms with Crippen LogP contribution in [0.1, 0.15) is 16.8 Å². The van der Waals surface area contributed by atoms with E-state index in [4.69, 9.17) is 4.42 Å². The molecular formula is C8H9NO2. The molecule has 0 bridgehead atoms. The summed E-state index contributed by atoms with van der Waals surface area (Å²) in [6.45, 7) is 1.79. The monoisotopic (exact) mass is 151 g/mol. The quantitative estimate of drug-likeness (QED) is 0.602. The van der Waals surface area contributed by atoms with Crippen LogP contribution >= 0.6 is 0 Å². The molecule has 0 unspecified atom stereocenters. The minimum atomic E-state index is 0.0880. The number of hydrogen-bond donors (Lipinski definition) is 0. The lowest BCUT2D eigenvalue weighted by molar-refractivity contribution is 0.0651. The third-order valence-electron chi connectivity index (χ3n) is 1.91. The van der Waals surface area contributed by atoms with Gasteiger partial charge in [-0.25, -0.2) is 0 Å². The number of likely N-dealkylation sites (tertiary alicyclic amines) is 1. The molecule has 0 aromatic carbocycles. The van der Waals surface area contributed by atoms with Crippen LogP contribution in [0.5, 0.6) is 0 Å². The van der Waals surface area contributed by atoms with Crippen molar-refractivity contribution in [2.75, 3.05) is 13.1 Å². The summed E-state index contributed by atoms with van der Waals surface area (Å²) in [7, 11) is 0. The van der Waals surface area contributed by atoms with E-state index in [0.29, 0.717) is 5.56 Å². The van der Waals surface area contributed by atoms with Crippen LogP contribution in [0.15, 0.2) is 23.0 Å². The van der Waals surface area contributed by atoms with Crippen molar-refractivity contribution in [3.8, 4) is 0 Å². The van der Waals surface area contributed by atoms with Crippen LogP contribution in [0.2, 0.25) is 0 Å². The molecule has 1 aromatic rings. The summed E-state index contributed by atoms with van der Waals surface area (Å²) in [5.41, 5.74) is 0.657. The third kappa shape index (κ3) is 1.02. The molecular weight excluding hydrogens is 142 g/mol. The van der Waals surface area contributed by atoms with Crippen molar-refractivity contribution in [1.29, 1.82) is 0 Å². The molecule has 1 aliphatic heterocycles. The maximum atomic E-state index is 11.4. The van der Waals surface area contributed by atoms with Gasteiger partial charge in [0.1, 0.15) is 6.26 Å². The van der Waals surface area contributed by atoms with E-state index in [2.05, 4.69) is 0 Å². The maximum Gasteiger partial charge on any atom is 0.257 e. The molecule has 1 saturated heterocycles. The minimum Gasteiger partial charge on any atom is -0.472 e. The Morgan fingerprint density at radius 1 is 1.55 bits per heavy atom. The predicted octanol–water partition coefficient (Wildman–Crippen LogP) is 1.13. The number of rotatable bonds is 1. The highest BCUT2D eigenvalue weighted by atomic mass is 16.3. The molecule has 0 spiro atoms. The fourth-order valence-electron chi connectivity index (χ4n) is 1.09. The second-order valence-electron chi connectivity index (χ2n) is 2.66. The van der Waals surface area contributed by atoms with Crippen LogP contribution in [0, 0.1) is 0 Å². The lowest BCUT2D eigenvalue weighted by Gasteiger charge is -2.30. The molecule has 3 nitrogen and oxygen atoms in total. The molecule has 2 rings (SSSR count). The Bertz CT molecular complexity index is 249. The highest BCUT2D eigenvalue weighted by Gasteiger charge is 2.21. The summed E-state index contributed by atoms with van der Waals surface area (Å²) >= 11 is 0. The summed E-state index contributed by atoms with van der Waals surface area (Å²) in [6, 6.07) is 1.70. The van der Waals surface area contributed by atoms with Crippen LogP contribution in [-0.4, -0.2) is 23.9 Å². The highest BCUT2D eigenvalue weighted by molar-refractivity contribution is 5.94. The number of carbonyl (C=O) groups excluding carboxylic acids is 1. The first-order valence-electron chi connectivity index (χ1n) is 3.69. The van der Waals surface area contributed by atoms with Gasteiger partial charge in [0, 0.05) is 13.1 Å². The average molecular weight is 151 g/mol. The Morgan fingerprint density at radius 2 is 2.36 bits per heavy atom. The van der Waals surface area contributed by atoms with Crippen LogP contribution in [0.3, 0.4) is 0 Å². The second-order valence-corrected chi connectivity index (χ2v) is 2.66. The van der Waals surface area contributed by atoms with Gasteiger partial charge in [0.25, 0.3) is 5.91 Å². The lowest BCUT2D eigenvalue weighted by Crippen LogP contribution is -2.41. The molecule has 11 heavy (non-hydrogen) atoms. The number of furan rings is 1. The van der Waals surface area contributed by atoms with E-state index >= 15 is 0 Å². The molecule has 0 aliphatic carbocycles. The zero-order valence-electron chi connectivity index (χ0n) is 6.12. The predicted molar refractivity (Wildman–Crippen MR) is 39.2 cm³/mol. The number of carbonyl (C=O) groups is 1. The average Bonchev–Trinajstić information content (AvgIpc) is 2.32. The fourth-order valence-corrected chi connectivity index (χ4v) is 1.09. The Kier molecular flexibility index (Phi) is 1.42. The normalized spacial score (nSPS) is 16.2. The smallest absolute Gasteiger partial charge is 0.257 e. The van der Waals surface area contributed by atoms with Gasteiger partial charge in [-0.15, -0.1) is 0 Å². The van der Waals surface area contributed by atoms with E-state index in [-0.39, 0.29) is 5.91 Å². The molecule has 0 N–H and O–H groups in total. The zero-order chi connectivity index (χ0) is 7.68. The molecule has 0 saturated carbocycles. The van der Waals surface area contributed by atoms with Crippen LogP contribution in [0.4, 0.5) is 0 Å². The summed E-state index contributed by atoms with van der Waals surface area (Å²) < 4.78 is 4.81. The fraction of sp³-hybridized carbons (Fsp3) is 0.375. The topological polar surface area (TPSA) is 33.5 Å². The van der Waals surface area contributed by atoms with E-state index in [1.807, 2.05) is 4.90 Å². The first-order chi connectivity index (χ1) is 5.38. The van der Waals surface area contributed by atoms with Gasteiger partial charge in [0.15, 0.2) is 0 Å². The molecule has 58 valence electrons. The zero-order valence-corrected chi connectivity index (χ0v) is 6.12. The second kappa shape index (κ2) is 2.42. The Labute approximate surface area is 64.6 Å². The summed E-state index contributed by atoms with van der Waals surface area (Å²) in [4.78, 5) is 13.2. The molecule has 0 radical (unpaired) electrons. The Morgan fingerprint density at radius 3 is 2.82 bits per heavy atom. The maximum absolute atomic E-state index is 11.4. The van der Waals surface area contributed by atoms with E-state index in [9.17, 15) is 4.79 Å². The number of nitrogens with zero attached hydrogens (tertiary/aromatic N) is 1. The largest absolute Gasteiger partial charge is 0.472 e. The SMILES string of the molecule is O=C(c1ccoc1)N1CCC1. The first-order valence-corrected chi connectivity index (χ1v) is 3.69. The molecule has 3 heteroatoms. The molecule has 2 heterocycles. The number of amides is 1.